The van der Waals surface area contributed by atoms with Crippen molar-refractivity contribution < 1.29 is 14.3 Å². The highest BCUT2D eigenvalue weighted by Gasteiger charge is 2.27. The van der Waals surface area contributed by atoms with Gasteiger partial charge in [-0.2, -0.15) is 0 Å². The lowest BCUT2D eigenvalue weighted by molar-refractivity contribution is -0.0249. The predicted molar refractivity (Wildman–Crippen MR) is 113 cm³/mol. The molecule has 1 aromatic carbocycles. The first-order valence-electron chi connectivity index (χ1n) is 10.2. The molecule has 4 rings (SSSR count). The maximum absolute atomic E-state index is 12.7. The minimum atomic E-state index is -0.244. The maximum Gasteiger partial charge on any atom is 0.272 e. The SMILES string of the molecule is CCOc1ccc(Cc2cccc([C@H]3CN(C(=O)c4ccccn4)CCO3)n2)cc1. The summed E-state index contributed by atoms with van der Waals surface area (Å²) in [6.07, 6.45) is 2.12. The largest absolute Gasteiger partial charge is 0.494 e. The lowest BCUT2D eigenvalue weighted by Crippen LogP contribution is -2.42. The first kappa shape index (κ1) is 20.0. The molecule has 1 atom stereocenters. The summed E-state index contributed by atoms with van der Waals surface area (Å²) in [4.78, 5) is 23.5. The maximum atomic E-state index is 12.7. The molecule has 154 valence electrons. The van der Waals surface area contributed by atoms with Crippen LogP contribution >= 0.6 is 0 Å². The van der Waals surface area contributed by atoms with Gasteiger partial charge in [0.05, 0.1) is 25.5 Å². The Labute approximate surface area is 176 Å². The van der Waals surface area contributed by atoms with Crippen molar-refractivity contribution >= 4 is 5.91 Å². The minimum absolute atomic E-state index is 0.0746. The third-order valence-electron chi connectivity index (χ3n) is 5.02. The Kier molecular flexibility index (Phi) is 6.35. The van der Waals surface area contributed by atoms with Gasteiger partial charge in [-0.3, -0.25) is 14.8 Å². The van der Waals surface area contributed by atoms with Crippen LogP contribution in [-0.2, 0) is 11.2 Å². The second-order valence-electron chi connectivity index (χ2n) is 7.13. The van der Waals surface area contributed by atoms with Crippen molar-refractivity contribution in [2.24, 2.45) is 0 Å². The zero-order valence-electron chi connectivity index (χ0n) is 17.0. The fraction of sp³-hybridized carbons (Fsp3) is 0.292. The van der Waals surface area contributed by atoms with Gasteiger partial charge in [0.15, 0.2) is 0 Å². The van der Waals surface area contributed by atoms with E-state index < -0.39 is 0 Å². The zero-order valence-corrected chi connectivity index (χ0v) is 17.0. The average Bonchev–Trinajstić information content (AvgIpc) is 2.81. The molecule has 3 heterocycles. The summed E-state index contributed by atoms with van der Waals surface area (Å²) in [5, 5.41) is 0. The van der Waals surface area contributed by atoms with E-state index in [0.29, 0.717) is 32.0 Å². The molecule has 2 aromatic heterocycles. The van der Waals surface area contributed by atoms with Gasteiger partial charge in [-0.1, -0.05) is 24.3 Å². The van der Waals surface area contributed by atoms with Crippen LogP contribution in [0.1, 0.15) is 40.5 Å². The fourth-order valence-corrected chi connectivity index (χ4v) is 3.52. The summed E-state index contributed by atoms with van der Waals surface area (Å²) in [6.45, 7) is 4.13. The summed E-state index contributed by atoms with van der Waals surface area (Å²) in [5.41, 5.74) is 3.43. The van der Waals surface area contributed by atoms with Crippen LogP contribution in [0.15, 0.2) is 66.9 Å². The van der Waals surface area contributed by atoms with E-state index in [0.717, 1.165) is 23.6 Å². The van der Waals surface area contributed by atoms with Gasteiger partial charge in [0.1, 0.15) is 17.5 Å². The van der Waals surface area contributed by atoms with Crippen LogP contribution in [0.2, 0.25) is 0 Å². The van der Waals surface area contributed by atoms with Crippen molar-refractivity contribution in [3.05, 3.63) is 89.5 Å². The first-order valence-corrected chi connectivity index (χ1v) is 10.2. The topological polar surface area (TPSA) is 64.5 Å². The number of hydrogen-bond donors (Lipinski definition) is 0. The van der Waals surface area contributed by atoms with Crippen molar-refractivity contribution in [1.82, 2.24) is 14.9 Å². The standard InChI is InChI=1S/C24H25N3O3/c1-2-29-20-11-9-18(10-12-20)16-19-6-5-8-21(26-19)23-17-27(14-15-30-23)24(28)22-7-3-4-13-25-22/h3-13,23H,2,14-17H2,1H3/t23-/m1/s1. The Balaban J connectivity index is 1.44. The zero-order chi connectivity index (χ0) is 20.8. The van der Waals surface area contributed by atoms with Crippen LogP contribution in [0.25, 0.3) is 0 Å². The number of morpholine rings is 1. The van der Waals surface area contributed by atoms with Crippen molar-refractivity contribution in [1.29, 1.82) is 0 Å². The molecule has 0 radical (unpaired) electrons. The molecule has 0 unspecified atom stereocenters. The van der Waals surface area contributed by atoms with Crippen molar-refractivity contribution in [2.75, 3.05) is 26.3 Å². The number of aromatic nitrogens is 2. The van der Waals surface area contributed by atoms with Gasteiger partial charge >= 0.3 is 0 Å². The van der Waals surface area contributed by atoms with Crippen LogP contribution < -0.4 is 4.74 Å². The molecular weight excluding hydrogens is 378 g/mol. The molecular formula is C24H25N3O3. The number of hydrogen-bond acceptors (Lipinski definition) is 5. The van der Waals surface area contributed by atoms with E-state index in [1.54, 1.807) is 23.2 Å². The lowest BCUT2D eigenvalue weighted by Gasteiger charge is -2.32. The summed E-state index contributed by atoms with van der Waals surface area (Å²) < 4.78 is 11.4. The minimum Gasteiger partial charge on any atom is -0.494 e. The van der Waals surface area contributed by atoms with Gasteiger partial charge in [-0.15, -0.1) is 0 Å². The second kappa shape index (κ2) is 9.50. The molecule has 0 bridgehead atoms. The number of rotatable bonds is 6. The number of ether oxygens (including phenoxy) is 2. The highest BCUT2D eigenvalue weighted by atomic mass is 16.5. The first-order chi connectivity index (χ1) is 14.7. The number of amides is 1. The Bertz CT molecular complexity index is 977. The van der Waals surface area contributed by atoms with Crippen LogP contribution in [0.3, 0.4) is 0 Å². The van der Waals surface area contributed by atoms with Gasteiger partial charge in [0.25, 0.3) is 5.91 Å². The molecule has 1 saturated heterocycles. The summed E-state index contributed by atoms with van der Waals surface area (Å²) in [7, 11) is 0. The van der Waals surface area contributed by atoms with Crippen LogP contribution in [0.4, 0.5) is 0 Å². The second-order valence-corrected chi connectivity index (χ2v) is 7.13. The smallest absolute Gasteiger partial charge is 0.272 e. The average molecular weight is 403 g/mol. The molecule has 1 amide bonds. The summed E-state index contributed by atoms with van der Waals surface area (Å²) in [5.74, 6) is 0.797. The molecule has 1 fully saturated rings. The molecule has 0 aliphatic carbocycles. The van der Waals surface area contributed by atoms with E-state index in [1.807, 2.05) is 43.3 Å². The highest BCUT2D eigenvalue weighted by molar-refractivity contribution is 5.92. The van der Waals surface area contributed by atoms with Crippen molar-refractivity contribution in [2.45, 2.75) is 19.4 Å². The Morgan fingerprint density at radius 2 is 2.00 bits per heavy atom. The van der Waals surface area contributed by atoms with Gasteiger partial charge in [0, 0.05) is 24.9 Å². The van der Waals surface area contributed by atoms with Crippen LogP contribution in [0.5, 0.6) is 5.75 Å². The molecule has 3 aromatic rings. The van der Waals surface area contributed by atoms with Gasteiger partial charge < -0.3 is 14.4 Å². The lowest BCUT2D eigenvalue weighted by atomic mass is 10.1. The molecule has 0 saturated carbocycles. The number of benzene rings is 1. The number of carbonyl (C=O) groups is 1. The van der Waals surface area contributed by atoms with Gasteiger partial charge in [-0.05, 0) is 48.9 Å². The third kappa shape index (κ3) is 4.83. The van der Waals surface area contributed by atoms with E-state index in [2.05, 4.69) is 17.1 Å². The molecule has 0 spiro atoms. The molecule has 1 aliphatic rings. The van der Waals surface area contributed by atoms with Crippen LogP contribution in [-0.4, -0.2) is 47.1 Å². The molecule has 6 nitrogen and oxygen atoms in total. The summed E-state index contributed by atoms with van der Waals surface area (Å²) in [6, 6.07) is 19.4. The van der Waals surface area contributed by atoms with Crippen LogP contribution in [0, 0.1) is 0 Å². The van der Waals surface area contributed by atoms with E-state index in [9.17, 15) is 4.79 Å². The highest BCUT2D eigenvalue weighted by Crippen LogP contribution is 2.23. The Hall–Kier alpha value is -3.25. The van der Waals surface area contributed by atoms with Crippen molar-refractivity contribution in [3.8, 4) is 5.75 Å². The predicted octanol–water partition coefficient (Wildman–Crippen LogP) is 3.68. The number of carbonyl (C=O) groups excluding carboxylic acids is 1. The number of nitrogens with zero attached hydrogens (tertiary/aromatic N) is 3. The van der Waals surface area contributed by atoms with Gasteiger partial charge in [0.2, 0.25) is 0 Å². The molecule has 6 heteroatoms. The van der Waals surface area contributed by atoms with E-state index in [-0.39, 0.29) is 12.0 Å². The van der Waals surface area contributed by atoms with Crippen molar-refractivity contribution in [3.63, 3.8) is 0 Å². The number of pyridine rings is 2. The van der Waals surface area contributed by atoms with E-state index in [1.165, 1.54) is 5.56 Å². The Morgan fingerprint density at radius 3 is 2.77 bits per heavy atom. The monoisotopic (exact) mass is 403 g/mol. The normalized spacial score (nSPS) is 16.3. The fourth-order valence-electron chi connectivity index (χ4n) is 3.52. The quantitative estimate of drug-likeness (QED) is 0.628. The Morgan fingerprint density at radius 1 is 1.13 bits per heavy atom. The van der Waals surface area contributed by atoms with E-state index in [4.69, 9.17) is 14.5 Å². The van der Waals surface area contributed by atoms with E-state index >= 15 is 0 Å². The van der Waals surface area contributed by atoms with Gasteiger partial charge in [-0.25, -0.2) is 0 Å². The molecule has 1 aliphatic heterocycles. The molecule has 30 heavy (non-hydrogen) atoms. The summed E-state index contributed by atoms with van der Waals surface area (Å²) >= 11 is 0. The molecule has 0 N–H and O–H groups in total. The third-order valence-corrected chi connectivity index (χ3v) is 5.02.